The summed E-state index contributed by atoms with van der Waals surface area (Å²) >= 11 is 5.73. The average Bonchev–Trinajstić information content (AvgIpc) is 3.03. The Balaban J connectivity index is 1.27. The van der Waals surface area contributed by atoms with Gasteiger partial charge in [-0.1, -0.05) is 72.3 Å². The Labute approximate surface area is 262 Å². The minimum absolute atomic E-state index is 0.215. The third-order valence-electron chi connectivity index (χ3n) is 6.72. The van der Waals surface area contributed by atoms with Crippen molar-refractivity contribution in [2.24, 2.45) is 5.10 Å². The zero-order valence-electron chi connectivity index (χ0n) is 23.4. The lowest BCUT2D eigenvalue weighted by Gasteiger charge is -2.24. The van der Waals surface area contributed by atoms with Gasteiger partial charge in [0, 0.05) is 0 Å². The molecule has 0 unspecified atom stereocenters. The Kier molecular flexibility index (Phi) is 9.40. The Morgan fingerprint density at radius 2 is 1.58 bits per heavy atom. The van der Waals surface area contributed by atoms with Gasteiger partial charge in [-0.2, -0.15) is 18.3 Å². The maximum atomic E-state index is 13.5. The molecule has 1 N–H and O–H groups in total. The fourth-order valence-corrected chi connectivity index (χ4v) is 6.15. The molecule has 5 rings (SSSR count). The van der Waals surface area contributed by atoms with E-state index in [1.807, 2.05) is 42.5 Å². The first-order valence-electron chi connectivity index (χ1n) is 13.5. The van der Waals surface area contributed by atoms with Gasteiger partial charge in [0.05, 0.1) is 27.4 Å². The zero-order valence-corrected chi connectivity index (χ0v) is 25.0. The van der Waals surface area contributed by atoms with E-state index in [4.69, 9.17) is 16.3 Å². The summed E-state index contributed by atoms with van der Waals surface area (Å²) in [6.07, 6.45) is -3.51. The predicted molar refractivity (Wildman–Crippen MR) is 168 cm³/mol. The van der Waals surface area contributed by atoms with Gasteiger partial charge in [0.25, 0.3) is 15.9 Å². The molecule has 5 aromatic carbocycles. The van der Waals surface area contributed by atoms with Crippen molar-refractivity contribution in [2.45, 2.75) is 17.7 Å². The minimum atomic E-state index is -4.85. The Morgan fingerprint density at radius 1 is 0.889 bits per heavy atom. The summed E-state index contributed by atoms with van der Waals surface area (Å²) in [5, 5.41) is 5.50. The third-order valence-corrected chi connectivity index (χ3v) is 8.84. The maximum absolute atomic E-state index is 13.5. The van der Waals surface area contributed by atoms with Gasteiger partial charge in [0.15, 0.2) is 0 Å². The smallest absolute Gasteiger partial charge is 0.417 e. The lowest BCUT2D eigenvalue weighted by atomic mass is 10.1. The van der Waals surface area contributed by atoms with Gasteiger partial charge in [0.2, 0.25) is 0 Å². The number of alkyl halides is 3. The highest BCUT2D eigenvalue weighted by Gasteiger charge is 2.35. The Morgan fingerprint density at radius 3 is 2.31 bits per heavy atom. The van der Waals surface area contributed by atoms with Crippen molar-refractivity contribution >= 4 is 50.2 Å². The summed E-state index contributed by atoms with van der Waals surface area (Å²) in [7, 11) is -4.45. The normalized spacial score (nSPS) is 11.9. The van der Waals surface area contributed by atoms with E-state index in [0.29, 0.717) is 28.3 Å². The Bertz CT molecular complexity index is 1950. The van der Waals surface area contributed by atoms with E-state index < -0.39 is 44.9 Å². The lowest BCUT2D eigenvalue weighted by molar-refractivity contribution is -0.137. The van der Waals surface area contributed by atoms with Crippen molar-refractivity contribution in [3.63, 3.8) is 0 Å². The number of amides is 1. The summed E-state index contributed by atoms with van der Waals surface area (Å²) in [5.74, 6) is -0.267. The van der Waals surface area contributed by atoms with Crippen LogP contribution in [-0.4, -0.2) is 27.1 Å². The first-order valence-corrected chi connectivity index (χ1v) is 15.3. The summed E-state index contributed by atoms with van der Waals surface area (Å²) in [4.78, 5) is 12.6. The number of ether oxygens (including phenoxy) is 1. The van der Waals surface area contributed by atoms with Crippen LogP contribution in [0.2, 0.25) is 5.02 Å². The second kappa shape index (κ2) is 13.4. The van der Waals surface area contributed by atoms with E-state index in [2.05, 4.69) is 10.5 Å². The molecule has 0 heterocycles. The predicted octanol–water partition coefficient (Wildman–Crippen LogP) is 7.44. The topological polar surface area (TPSA) is 88.1 Å². The number of rotatable bonds is 10. The lowest BCUT2D eigenvalue weighted by Crippen LogP contribution is -2.39. The molecule has 45 heavy (non-hydrogen) atoms. The number of hydrogen-bond donors (Lipinski definition) is 1. The molecule has 0 aliphatic rings. The monoisotopic (exact) mass is 651 g/mol. The molecule has 0 aromatic heterocycles. The van der Waals surface area contributed by atoms with Crippen molar-refractivity contribution in [2.75, 3.05) is 10.8 Å². The molecule has 12 heteroatoms. The van der Waals surface area contributed by atoms with Crippen molar-refractivity contribution in [1.29, 1.82) is 0 Å². The molecule has 0 aliphatic heterocycles. The molecule has 0 radical (unpaired) electrons. The first kappa shape index (κ1) is 31.6. The number of nitrogens with one attached hydrogen (secondary N) is 1. The zero-order chi connectivity index (χ0) is 32.0. The van der Waals surface area contributed by atoms with Crippen molar-refractivity contribution in [3.8, 4) is 5.75 Å². The molecule has 1 amide bonds. The van der Waals surface area contributed by atoms with Gasteiger partial charge in [-0.3, -0.25) is 9.10 Å². The number of hydrogen-bond acceptors (Lipinski definition) is 5. The van der Waals surface area contributed by atoms with Gasteiger partial charge in [-0.15, -0.1) is 0 Å². The number of anilines is 1. The van der Waals surface area contributed by atoms with E-state index in [1.54, 1.807) is 30.3 Å². The number of carbonyl (C=O) groups excluding carboxylic acids is 1. The Hall–Kier alpha value is -4.87. The van der Waals surface area contributed by atoms with E-state index >= 15 is 0 Å². The molecule has 7 nitrogen and oxygen atoms in total. The van der Waals surface area contributed by atoms with Crippen LogP contribution in [0, 0.1) is 0 Å². The molecular formula is C33H25ClF3N3O4S. The van der Waals surface area contributed by atoms with Gasteiger partial charge in [-0.25, -0.2) is 13.8 Å². The average molecular weight is 652 g/mol. The third kappa shape index (κ3) is 7.62. The van der Waals surface area contributed by atoms with Gasteiger partial charge >= 0.3 is 6.18 Å². The van der Waals surface area contributed by atoms with Crippen molar-refractivity contribution in [1.82, 2.24) is 5.43 Å². The van der Waals surface area contributed by atoms with E-state index in [9.17, 15) is 26.4 Å². The molecule has 0 aliphatic carbocycles. The van der Waals surface area contributed by atoms with Crippen LogP contribution in [0.15, 0.2) is 125 Å². The number of sulfonamides is 1. The summed E-state index contributed by atoms with van der Waals surface area (Å²) < 4.78 is 74.0. The van der Waals surface area contributed by atoms with E-state index in [1.165, 1.54) is 30.5 Å². The largest absolute Gasteiger partial charge is 0.489 e. The summed E-state index contributed by atoms with van der Waals surface area (Å²) in [6.45, 7) is -0.486. The fraction of sp³-hybridized carbons (Fsp3) is 0.0909. The molecule has 0 fully saturated rings. The second-order valence-corrected chi connectivity index (χ2v) is 12.0. The minimum Gasteiger partial charge on any atom is -0.489 e. The van der Waals surface area contributed by atoms with Crippen LogP contribution in [0.25, 0.3) is 10.8 Å². The number of nitrogens with zero attached hydrogens (tertiary/aromatic N) is 2. The molecular weight excluding hydrogens is 627 g/mol. The van der Waals surface area contributed by atoms with E-state index in [-0.39, 0.29) is 4.90 Å². The van der Waals surface area contributed by atoms with E-state index in [0.717, 1.165) is 28.5 Å². The number of fused-ring (bicyclic) bond motifs is 1. The standard InChI is InChI=1S/C33H25ClF3N3O4S/c34-31-18-15-26(19-30(31)33(35,36)37)40(45(42,43)28-10-2-1-3-11-28)21-32(41)39-38-20-23-13-16-27(17-14-23)44-22-25-9-6-8-24-7-4-5-12-29(24)25/h1-20H,21-22H2,(H,39,41)/b38-20-. The summed E-state index contributed by atoms with van der Waals surface area (Å²) in [5.41, 5.74) is 2.25. The molecule has 0 atom stereocenters. The van der Waals surface area contributed by atoms with Crippen LogP contribution >= 0.6 is 11.6 Å². The number of halogens is 4. The first-order chi connectivity index (χ1) is 21.5. The van der Waals surface area contributed by atoms with Gasteiger partial charge in [-0.05, 0) is 76.5 Å². The van der Waals surface area contributed by atoms with Crippen LogP contribution in [0.3, 0.4) is 0 Å². The van der Waals surface area contributed by atoms with Gasteiger partial charge in [0.1, 0.15) is 18.9 Å². The molecule has 5 aromatic rings. The second-order valence-electron chi connectivity index (χ2n) is 9.78. The molecule has 0 saturated carbocycles. The SMILES string of the molecule is O=C(CN(c1ccc(Cl)c(C(F)(F)F)c1)S(=O)(=O)c1ccccc1)N/N=C\c1ccc(OCc2cccc3ccccc23)cc1. The van der Waals surface area contributed by atoms with Gasteiger partial charge < -0.3 is 4.74 Å². The fourth-order valence-electron chi connectivity index (χ4n) is 4.49. The number of benzene rings is 5. The molecule has 230 valence electrons. The van der Waals surface area contributed by atoms with Crippen LogP contribution in [0.1, 0.15) is 16.7 Å². The van der Waals surface area contributed by atoms with Crippen LogP contribution in [0.5, 0.6) is 5.75 Å². The van der Waals surface area contributed by atoms with Crippen LogP contribution in [0.4, 0.5) is 18.9 Å². The van der Waals surface area contributed by atoms with Crippen LogP contribution in [-0.2, 0) is 27.6 Å². The highest BCUT2D eigenvalue weighted by Crippen LogP contribution is 2.38. The number of carbonyl (C=O) groups is 1. The number of hydrazone groups is 1. The maximum Gasteiger partial charge on any atom is 0.417 e. The van der Waals surface area contributed by atoms with Crippen molar-refractivity contribution < 1.29 is 31.1 Å². The highest BCUT2D eigenvalue weighted by atomic mass is 35.5. The molecule has 0 bridgehead atoms. The van der Waals surface area contributed by atoms with Crippen LogP contribution < -0.4 is 14.5 Å². The molecule has 0 spiro atoms. The summed E-state index contributed by atoms with van der Waals surface area (Å²) in [6, 6.07) is 30.6. The highest BCUT2D eigenvalue weighted by molar-refractivity contribution is 7.92. The molecule has 0 saturated heterocycles. The van der Waals surface area contributed by atoms with Crippen molar-refractivity contribution in [3.05, 3.63) is 137 Å². The quantitative estimate of drug-likeness (QED) is 0.126.